The van der Waals surface area contributed by atoms with Gasteiger partial charge in [0.25, 0.3) is 0 Å². The monoisotopic (exact) mass is 249 g/mol. The van der Waals surface area contributed by atoms with Gasteiger partial charge in [-0.15, -0.1) is 0 Å². The maximum Gasteiger partial charge on any atom is 0.338 e. The maximum atomic E-state index is 11.6. The van der Waals surface area contributed by atoms with Crippen molar-refractivity contribution in [1.29, 1.82) is 0 Å². The summed E-state index contributed by atoms with van der Waals surface area (Å²) in [7, 11) is 0. The van der Waals surface area contributed by atoms with Gasteiger partial charge in [-0.1, -0.05) is 11.6 Å². The molecule has 0 saturated carbocycles. The summed E-state index contributed by atoms with van der Waals surface area (Å²) in [5, 5.41) is 1.43. The molecule has 0 N–H and O–H groups in total. The highest BCUT2D eigenvalue weighted by Gasteiger charge is 2.08. The number of rotatable bonds is 2. The van der Waals surface area contributed by atoms with E-state index < -0.39 is 0 Å². The van der Waals surface area contributed by atoms with Crippen LogP contribution in [0.25, 0.3) is 10.9 Å². The van der Waals surface area contributed by atoms with Crippen molar-refractivity contribution >= 4 is 28.5 Å². The van der Waals surface area contributed by atoms with Gasteiger partial charge < -0.3 is 4.74 Å². The lowest BCUT2D eigenvalue weighted by Crippen LogP contribution is -2.04. The quantitative estimate of drug-likeness (QED) is 0.766. The third-order valence-corrected chi connectivity index (χ3v) is 2.84. The molecule has 0 aliphatic heterocycles. The van der Waals surface area contributed by atoms with Crippen LogP contribution in [0.5, 0.6) is 0 Å². The van der Waals surface area contributed by atoms with Crippen LogP contribution in [0.2, 0.25) is 5.02 Å². The van der Waals surface area contributed by atoms with E-state index in [1.54, 1.807) is 25.1 Å². The lowest BCUT2D eigenvalue weighted by molar-refractivity contribution is 0.0526. The Kier molecular flexibility index (Phi) is 3.29. The van der Waals surface area contributed by atoms with Crippen LogP contribution in [-0.2, 0) is 4.74 Å². The van der Waals surface area contributed by atoms with Crippen molar-refractivity contribution in [2.45, 2.75) is 13.8 Å². The maximum absolute atomic E-state index is 11.6. The molecule has 0 aliphatic carbocycles. The number of hydrogen-bond donors (Lipinski definition) is 0. The summed E-state index contributed by atoms with van der Waals surface area (Å²) < 4.78 is 4.94. The molecular weight excluding hydrogens is 238 g/mol. The van der Waals surface area contributed by atoms with Gasteiger partial charge in [0.15, 0.2) is 0 Å². The van der Waals surface area contributed by atoms with Crippen molar-refractivity contribution in [1.82, 2.24) is 4.98 Å². The van der Waals surface area contributed by atoms with Crippen LogP contribution in [0.1, 0.15) is 23.0 Å². The third kappa shape index (κ3) is 2.39. The summed E-state index contributed by atoms with van der Waals surface area (Å²) >= 11 is 6.00. The SMILES string of the molecule is CCOC(=O)c1ccc2nc(C)c(Cl)cc2c1. The molecule has 2 rings (SSSR count). The van der Waals surface area contributed by atoms with Gasteiger partial charge in [-0.3, -0.25) is 4.98 Å². The molecule has 0 amide bonds. The second-order valence-electron chi connectivity index (χ2n) is 3.68. The first kappa shape index (κ1) is 11.9. The molecule has 0 unspecified atom stereocenters. The van der Waals surface area contributed by atoms with Crippen LogP contribution in [0.3, 0.4) is 0 Å². The van der Waals surface area contributed by atoms with Crippen LogP contribution in [-0.4, -0.2) is 17.6 Å². The largest absolute Gasteiger partial charge is 0.462 e. The molecule has 2 aromatic rings. The Morgan fingerprint density at radius 1 is 1.41 bits per heavy atom. The molecule has 0 saturated heterocycles. The van der Waals surface area contributed by atoms with Crippen LogP contribution < -0.4 is 0 Å². The summed E-state index contributed by atoms with van der Waals surface area (Å²) in [6.45, 7) is 3.99. The Balaban J connectivity index is 2.50. The van der Waals surface area contributed by atoms with Gasteiger partial charge >= 0.3 is 5.97 Å². The van der Waals surface area contributed by atoms with Crippen LogP contribution in [0, 0.1) is 6.92 Å². The number of carbonyl (C=O) groups excluding carboxylic acids is 1. The smallest absolute Gasteiger partial charge is 0.338 e. The molecule has 0 fully saturated rings. The number of fused-ring (bicyclic) bond motifs is 1. The zero-order chi connectivity index (χ0) is 12.4. The number of aromatic nitrogens is 1. The van der Waals surface area contributed by atoms with E-state index in [1.165, 1.54) is 0 Å². The molecule has 88 valence electrons. The summed E-state index contributed by atoms with van der Waals surface area (Å²) in [4.78, 5) is 15.9. The Bertz CT molecular complexity index is 581. The number of benzene rings is 1. The number of esters is 1. The fraction of sp³-hybridized carbons (Fsp3) is 0.231. The summed E-state index contributed by atoms with van der Waals surface area (Å²) in [5.74, 6) is -0.328. The van der Waals surface area contributed by atoms with E-state index in [2.05, 4.69) is 4.98 Å². The first-order chi connectivity index (χ1) is 8.11. The Morgan fingerprint density at radius 3 is 2.88 bits per heavy atom. The molecule has 0 aliphatic rings. The second kappa shape index (κ2) is 4.72. The highest BCUT2D eigenvalue weighted by molar-refractivity contribution is 6.31. The molecule has 3 nitrogen and oxygen atoms in total. The van der Waals surface area contributed by atoms with Gasteiger partial charge in [0.2, 0.25) is 0 Å². The minimum absolute atomic E-state index is 0.328. The average Bonchev–Trinajstić information content (AvgIpc) is 2.30. The van der Waals surface area contributed by atoms with Crippen LogP contribution >= 0.6 is 11.6 Å². The fourth-order valence-electron chi connectivity index (χ4n) is 1.59. The van der Waals surface area contributed by atoms with Gasteiger partial charge in [-0.2, -0.15) is 0 Å². The summed E-state index contributed by atoms with van der Waals surface area (Å²) in [5.41, 5.74) is 2.11. The lowest BCUT2D eigenvalue weighted by atomic mass is 10.1. The number of aryl methyl sites for hydroxylation is 1. The second-order valence-corrected chi connectivity index (χ2v) is 4.09. The van der Waals surface area contributed by atoms with Gasteiger partial charge in [-0.25, -0.2) is 4.79 Å². The minimum Gasteiger partial charge on any atom is -0.462 e. The molecule has 1 aromatic carbocycles. The molecule has 0 radical (unpaired) electrons. The molecular formula is C13H12ClNO2. The number of pyridine rings is 1. The molecule has 17 heavy (non-hydrogen) atoms. The summed E-state index contributed by atoms with van der Waals surface area (Å²) in [6, 6.07) is 7.05. The highest BCUT2D eigenvalue weighted by Crippen LogP contribution is 2.21. The van der Waals surface area contributed by atoms with E-state index in [-0.39, 0.29) is 5.97 Å². The predicted molar refractivity (Wildman–Crippen MR) is 67.4 cm³/mol. The van der Waals surface area contributed by atoms with Crippen molar-refractivity contribution in [2.24, 2.45) is 0 Å². The van der Waals surface area contributed by atoms with Gasteiger partial charge in [0.05, 0.1) is 28.4 Å². The van der Waals surface area contributed by atoms with Crippen molar-refractivity contribution in [3.63, 3.8) is 0 Å². The standard InChI is InChI=1S/C13H12ClNO2/c1-3-17-13(16)9-4-5-12-10(6-9)7-11(14)8(2)15-12/h4-7H,3H2,1-2H3. The molecule has 0 atom stereocenters. The number of hydrogen-bond acceptors (Lipinski definition) is 3. The third-order valence-electron chi connectivity index (χ3n) is 2.45. The van der Waals surface area contributed by atoms with Crippen molar-refractivity contribution in [3.8, 4) is 0 Å². The molecule has 1 aromatic heterocycles. The van der Waals surface area contributed by atoms with Crippen LogP contribution in [0.4, 0.5) is 0 Å². The Morgan fingerprint density at radius 2 is 2.18 bits per heavy atom. The van der Waals surface area contributed by atoms with E-state index in [4.69, 9.17) is 16.3 Å². The topological polar surface area (TPSA) is 39.2 Å². The lowest BCUT2D eigenvalue weighted by Gasteiger charge is -2.05. The highest BCUT2D eigenvalue weighted by atomic mass is 35.5. The van der Waals surface area contributed by atoms with Crippen molar-refractivity contribution in [3.05, 3.63) is 40.5 Å². The van der Waals surface area contributed by atoms with Crippen molar-refractivity contribution < 1.29 is 9.53 Å². The predicted octanol–water partition coefficient (Wildman–Crippen LogP) is 3.37. The summed E-state index contributed by atoms with van der Waals surface area (Å²) in [6.07, 6.45) is 0. The number of nitrogens with zero attached hydrogens (tertiary/aromatic N) is 1. The Labute approximate surface area is 104 Å². The van der Waals surface area contributed by atoms with E-state index in [0.29, 0.717) is 17.2 Å². The number of carbonyl (C=O) groups is 1. The van der Waals surface area contributed by atoms with E-state index in [1.807, 2.05) is 13.0 Å². The van der Waals surface area contributed by atoms with Gasteiger partial charge in [0.1, 0.15) is 0 Å². The molecule has 1 heterocycles. The van der Waals surface area contributed by atoms with E-state index in [9.17, 15) is 4.79 Å². The van der Waals surface area contributed by atoms with Crippen LogP contribution in [0.15, 0.2) is 24.3 Å². The number of ether oxygens (including phenoxy) is 1. The van der Waals surface area contributed by atoms with E-state index in [0.717, 1.165) is 16.6 Å². The van der Waals surface area contributed by atoms with E-state index >= 15 is 0 Å². The zero-order valence-electron chi connectivity index (χ0n) is 9.66. The first-order valence-corrected chi connectivity index (χ1v) is 5.73. The molecule has 0 bridgehead atoms. The Hall–Kier alpha value is -1.61. The average molecular weight is 250 g/mol. The number of halogens is 1. The van der Waals surface area contributed by atoms with Gasteiger partial charge in [-0.05, 0) is 38.1 Å². The molecule has 4 heteroatoms. The normalized spacial score (nSPS) is 10.5. The molecule has 0 spiro atoms. The minimum atomic E-state index is -0.328. The fourth-order valence-corrected chi connectivity index (χ4v) is 1.75. The van der Waals surface area contributed by atoms with Crippen molar-refractivity contribution in [2.75, 3.05) is 6.61 Å². The van der Waals surface area contributed by atoms with Gasteiger partial charge in [0, 0.05) is 5.39 Å². The zero-order valence-corrected chi connectivity index (χ0v) is 10.4. The first-order valence-electron chi connectivity index (χ1n) is 5.36.